The summed E-state index contributed by atoms with van der Waals surface area (Å²) < 4.78 is 26.8. The van der Waals surface area contributed by atoms with Crippen molar-refractivity contribution in [1.82, 2.24) is 4.72 Å². The van der Waals surface area contributed by atoms with Crippen LogP contribution < -0.4 is 4.72 Å². The van der Waals surface area contributed by atoms with E-state index in [2.05, 4.69) is 4.72 Å². The van der Waals surface area contributed by atoms with E-state index in [9.17, 15) is 13.5 Å². The molecule has 0 radical (unpaired) electrons. The summed E-state index contributed by atoms with van der Waals surface area (Å²) in [6.45, 7) is 1.82. The number of rotatable bonds is 5. The van der Waals surface area contributed by atoms with Gasteiger partial charge in [-0.15, -0.1) is 22.7 Å². The second kappa shape index (κ2) is 5.90. The van der Waals surface area contributed by atoms with Gasteiger partial charge >= 0.3 is 0 Å². The summed E-state index contributed by atoms with van der Waals surface area (Å²) >= 11 is 8.10. The quantitative estimate of drug-likeness (QED) is 0.881. The van der Waals surface area contributed by atoms with Gasteiger partial charge in [0, 0.05) is 11.4 Å². The molecule has 2 aromatic rings. The maximum atomic E-state index is 11.9. The molecule has 2 heterocycles. The molecular formula is C11H12ClNO3S3. The van der Waals surface area contributed by atoms with E-state index in [4.69, 9.17) is 11.6 Å². The fraction of sp³-hybridized carbons (Fsp3) is 0.273. The fourth-order valence-corrected chi connectivity index (χ4v) is 5.00. The Morgan fingerprint density at radius 3 is 2.68 bits per heavy atom. The molecule has 0 spiro atoms. The molecule has 0 unspecified atom stereocenters. The first kappa shape index (κ1) is 15.0. The lowest BCUT2D eigenvalue weighted by Crippen LogP contribution is -2.27. The molecule has 8 heteroatoms. The third kappa shape index (κ3) is 3.56. The Hall–Kier alpha value is -0.440. The van der Waals surface area contributed by atoms with Crippen LogP contribution in [0.5, 0.6) is 0 Å². The van der Waals surface area contributed by atoms with Crippen molar-refractivity contribution in [3.63, 3.8) is 0 Å². The van der Waals surface area contributed by atoms with E-state index in [0.717, 1.165) is 21.8 Å². The summed E-state index contributed by atoms with van der Waals surface area (Å²) in [5.41, 5.74) is 0.955. The number of aliphatic hydroxyl groups is 1. The maximum absolute atomic E-state index is 11.9. The average Bonchev–Trinajstić information content (AvgIpc) is 2.95. The molecule has 0 saturated heterocycles. The highest BCUT2D eigenvalue weighted by molar-refractivity contribution is 7.91. The molecular weight excluding hydrogens is 326 g/mol. The zero-order chi connectivity index (χ0) is 14.0. The predicted octanol–water partition coefficient (Wildman–Crippen LogP) is 2.78. The molecule has 104 valence electrons. The Labute approximate surface area is 124 Å². The Morgan fingerprint density at radius 1 is 1.42 bits per heavy atom. The molecule has 0 fully saturated rings. The molecule has 0 aliphatic carbocycles. The van der Waals surface area contributed by atoms with Crippen LogP contribution in [0.2, 0.25) is 4.34 Å². The number of sulfonamides is 1. The van der Waals surface area contributed by atoms with Crippen LogP contribution in [0.3, 0.4) is 0 Å². The summed E-state index contributed by atoms with van der Waals surface area (Å²) in [5.74, 6) is 0. The number of aryl methyl sites for hydroxylation is 1. The summed E-state index contributed by atoms with van der Waals surface area (Å²) in [6, 6.07) is 4.86. The average molecular weight is 338 g/mol. The highest BCUT2D eigenvalue weighted by Gasteiger charge is 2.19. The van der Waals surface area contributed by atoms with E-state index in [1.807, 2.05) is 18.4 Å². The molecule has 0 aromatic carbocycles. The Bertz CT molecular complexity index is 662. The van der Waals surface area contributed by atoms with Crippen molar-refractivity contribution in [3.05, 3.63) is 38.4 Å². The summed E-state index contributed by atoms with van der Waals surface area (Å²) in [7, 11) is -3.61. The zero-order valence-electron chi connectivity index (χ0n) is 9.96. The van der Waals surface area contributed by atoms with E-state index in [0.29, 0.717) is 4.34 Å². The first-order chi connectivity index (χ1) is 8.90. The second-order valence-corrected chi connectivity index (χ2v) is 8.55. The topological polar surface area (TPSA) is 66.4 Å². The van der Waals surface area contributed by atoms with Crippen molar-refractivity contribution in [2.24, 2.45) is 0 Å². The van der Waals surface area contributed by atoms with Crippen molar-refractivity contribution in [2.75, 3.05) is 6.54 Å². The predicted molar refractivity (Wildman–Crippen MR) is 78.5 cm³/mol. The monoisotopic (exact) mass is 337 g/mol. The lowest BCUT2D eigenvalue weighted by atomic mass is 10.2. The molecule has 2 rings (SSSR count). The van der Waals surface area contributed by atoms with Crippen LogP contribution in [0.15, 0.2) is 27.8 Å². The molecule has 0 saturated carbocycles. The molecule has 1 atom stereocenters. The first-order valence-corrected chi connectivity index (χ1v) is 8.93. The molecule has 0 aliphatic rings. The highest BCUT2D eigenvalue weighted by atomic mass is 35.5. The van der Waals surface area contributed by atoms with Crippen LogP contribution in [-0.2, 0) is 10.0 Å². The van der Waals surface area contributed by atoms with Crippen molar-refractivity contribution in [2.45, 2.75) is 17.2 Å². The van der Waals surface area contributed by atoms with Crippen LogP contribution >= 0.6 is 34.3 Å². The highest BCUT2D eigenvalue weighted by Crippen LogP contribution is 2.26. The van der Waals surface area contributed by atoms with Gasteiger partial charge in [-0.25, -0.2) is 13.1 Å². The summed E-state index contributed by atoms with van der Waals surface area (Å²) in [5, 5.41) is 11.8. The van der Waals surface area contributed by atoms with Crippen LogP contribution in [0.1, 0.15) is 16.5 Å². The number of halogens is 1. The summed E-state index contributed by atoms with van der Waals surface area (Å²) in [4.78, 5) is 0.770. The number of hydrogen-bond acceptors (Lipinski definition) is 5. The van der Waals surface area contributed by atoms with E-state index in [1.165, 1.54) is 23.5 Å². The van der Waals surface area contributed by atoms with Gasteiger partial charge in [0.2, 0.25) is 10.0 Å². The lowest BCUT2D eigenvalue weighted by molar-refractivity contribution is 0.185. The molecule has 2 N–H and O–H groups in total. The fourth-order valence-electron chi connectivity index (χ4n) is 1.52. The van der Waals surface area contributed by atoms with E-state index in [1.54, 1.807) is 0 Å². The van der Waals surface area contributed by atoms with Crippen molar-refractivity contribution in [1.29, 1.82) is 0 Å². The van der Waals surface area contributed by atoms with Gasteiger partial charge in [-0.1, -0.05) is 11.6 Å². The van der Waals surface area contributed by atoms with Gasteiger partial charge in [-0.2, -0.15) is 0 Å². The SMILES string of the molecule is Cc1ccsc1[C@@H](O)CNS(=O)(=O)c1ccc(Cl)s1. The second-order valence-electron chi connectivity index (χ2n) is 3.89. The molecule has 19 heavy (non-hydrogen) atoms. The Morgan fingerprint density at radius 2 is 2.16 bits per heavy atom. The third-order valence-electron chi connectivity index (χ3n) is 2.48. The van der Waals surface area contributed by atoms with Gasteiger partial charge < -0.3 is 5.11 Å². The number of hydrogen-bond donors (Lipinski definition) is 2. The number of nitrogens with one attached hydrogen (secondary N) is 1. The molecule has 2 aromatic heterocycles. The van der Waals surface area contributed by atoms with Crippen LogP contribution in [-0.4, -0.2) is 20.1 Å². The summed E-state index contributed by atoms with van der Waals surface area (Å²) in [6.07, 6.45) is -0.842. The maximum Gasteiger partial charge on any atom is 0.250 e. The van der Waals surface area contributed by atoms with E-state index < -0.39 is 16.1 Å². The molecule has 0 aliphatic heterocycles. The third-order valence-corrected chi connectivity index (χ3v) is 6.75. The smallest absolute Gasteiger partial charge is 0.250 e. The zero-order valence-corrected chi connectivity index (χ0v) is 13.2. The molecule has 0 amide bonds. The van der Waals surface area contributed by atoms with E-state index >= 15 is 0 Å². The van der Waals surface area contributed by atoms with Gasteiger partial charge in [-0.3, -0.25) is 0 Å². The molecule has 4 nitrogen and oxygen atoms in total. The normalized spacial score (nSPS) is 13.6. The van der Waals surface area contributed by atoms with Crippen LogP contribution in [0.4, 0.5) is 0 Å². The van der Waals surface area contributed by atoms with Gasteiger partial charge in [-0.05, 0) is 36.1 Å². The van der Waals surface area contributed by atoms with Crippen LogP contribution in [0.25, 0.3) is 0 Å². The number of aliphatic hydroxyl groups excluding tert-OH is 1. The standard InChI is InChI=1S/C11H12ClNO3S3/c1-7-4-5-17-11(7)8(14)6-13-19(15,16)10-3-2-9(12)18-10/h2-5,8,13-14H,6H2,1H3/t8-/m0/s1. The number of thiophene rings is 2. The Balaban J connectivity index is 2.04. The van der Waals surface area contributed by atoms with Crippen molar-refractivity contribution < 1.29 is 13.5 Å². The minimum atomic E-state index is -3.61. The lowest BCUT2D eigenvalue weighted by Gasteiger charge is -2.11. The van der Waals surface area contributed by atoms with Gasteiger partial charge in [0.15, 0.2) is 0 Å². The van der Waals surface area contributed by atoms with Crippen LogP contribution in [0, 0.1) is 6.92 Å². The minimum Gasteiger partial charge on any atom is -0.386 e. The first-order valence-electron chi connectivity index (χ1n) is 5.37. The van der Waals surface area contributed by atoms with Gasteiger partial charge in [0.25, 0.3) is 0 Å². The van der Waals surface area contributed by atoms with Crippen molar-refractivity contribution >= 4 is 44.3 Å². The molecule has 0 bridgehead atoms. The van der Waals surface area contributed by atoms with Gasteiger partial charge in [0.05, 0.1) is 4.34 Å². The Kier molecular flexibility index (Phi) is 4.65. The largest absolute Gasteiger partial charge is 0.386 e. The van der Waals surface area contributed by atoms with Gasteiger partial charge in [0.1, 0.15) is 10.3 Å². The van der Waals surface area contributed by atoms with Crippen molar-refractivity contribution in [3.8, 4) is 0 Å². The van der Waals surface area contributed by atoms with E-state index in [-0.39, 0.29) is 10.8 Å². The minimum absolute atomic E-state index is 0.0563.